The van der Waals surface area contributed by atoms with Crippen LogP contribution < -0.4 is 5.32 Å². The Morgan fingerprint density at radius 2 is 2.00 bits per heavy atom. The van der Waals surface area contributed by atoms with Crippen molar-refractivity contribution in [1.82, 2.24) is 15.1 Å². The van der Waals surface area contributed by atoms with Gasteiger partial charge in [-0.1, -0.05) is 26.0 Å². The van der Waals surface area contributed by atoms with Crippen molar-refractivity contribution < 1.29 is 9.18 Å². The molecule has 5 heteroatoms. The van der Waals surface area contributed by atoms with Crippen molar-refractivity contribution in [3.63, 3.8) is 0 Å². The summed E-state index contributed by atoms with van der Waals surface area (Å²) in [6, 6.07) is 6.61. The second-order valence-corrected chi connectivity index (χ2v) is 7.49. The lowest BCUT2D eigenvalue weighted by molar-refractivity contribution is 0.197. The van der Waals surface area contributed by atoms with Crippen molar-refractivity contribution >= 4 is 6.03 Å². The quantitative estimate of drug-likeness (QED) is 0.867. The number of urea groups is 1. The Kier molecular flexibility index (Phi) is 6.60. The highest BCUT2D eigenvalue weighted by Crippen LogP contribution is 2.18. The molecule has 1 aliphatic heterocycles. The summed E-state index contributed by atoms with van der Waals surface area (Å²) < 4.78 is 13.0. The van der Waals surface area contributed by atoms with Crippen LogP contribution in [0.5, 0.6) is 0 Å². The smallest absolute Gasteiger partial charge is 0.317 e. The van der Waals surface area contributed by atoms with Gasteiger partial charge >= 0.3 is 6.03 Å². The first-order valence-corrected chi connectivity index (χ1v) is 8.79. The standard InChI is InChI=1S/C19H30FN3O/c1-14(2)18(11-15-5-7-17(20)8-6-15)21-19(24)23-10-9-16(13-23)12-22(3)4/h5-8,14,16,18H,9-13H2,1-4H3,(H,21,24)/t16-,18-/m0/s1. The molecule has 0 radical (unpaired) electrons. The third-order valence-corrected chi connectivity index (χ3v) is 4.68. The van der Waals surface area contributed by atoms with E-state index in [1.165, 1.54) is 12.1 Å². The number of carbonyl (C=O) groups is 1. The van der Waals surface area contributed by atoms with Crippen LogP contribution in [0.4, 0.5) is 9.18 Å². The van der Waals surface area contributed by atoms with Crippen LogP contribution in [0, 0.1) is 17.7 Å². The molecule has 134 valence electrons. The average Bonchev–Trinajstić information content (AvgIpc) is 2.96. The molecule has 1 fully saturated rings. The summed E-state index contributed by atoms with van der Waals surface area (Å²) in [5, 5.41) is 3.18. The van der Waals surface area contributed by atoms with E-state index in [1.807, 2.05) is 4.90 Å². The third kappa shape index (κ3) is 5.48. The van der Waals surface area contributed by atoms with E-state index >= 15 is 0 Å². The first-order valence-electron chi connectivity index (χ1n) is 8.79. The zero-order valence-electron chi connectivity index (χ0n) is 15.3. The number of likely N-dealkylation sites (tertiary alicyclic amines) is 1. The largest absolute Gasteiger partial charge is 0.335 e. The summed E-state index contributed by atoms with van der Waals surface area (Å²) in [4.78, 5) is 16.7. The second-order valence-electron chi connectivity index (χ2n) is 7.49. The van der Waals surface area contributed by atoms with Crippen molar-refractivity contribution in [2.24, 2.45) is 11.8 Å². The molecule has 2 atom stereocenters. The summed E-state index contributed by atoms with van der Waals surface area (Å²) in [6.45, 7) is 6.88. The number of nitrogens with zero attached hydrogens (tertiary/aromatic N) is 2. The van der Waals surface area contributed by atoms with Gasteiger partial charge in [-0.3, -0.25) is 0 Å². The lowest BCUT2D eigenvalue weighted by atomic mass is 9.96. The highest BCUT2D eigenvalue weighted by Gasteiger charge is 2.28. The normalized spacial score (nSPS) is 19.1. The van der Waals surface area contributed by atoms with Crippen LogP contribution in [0.25, 0.3) is 0 Å². The van der Waals surface area contributed by atoms with Gasteiger partial charge in [0.15, 0.2) is 0 Å². The predicted molar refractivity (Wildman–Crippen MR) is 95.5 cm³/mol. The number of nitrogens with one attached hydrogen (secondary N) is 1. The minimum atomic E-state index is -0.229. The average molecular weight is 335 g/mol. The van der Waals surface area contributed by atoms with E-state index in [0.717, 1.165) is 38.0 Å². The van der Waals surface area contributed by atoms with Gasteiger partial charge in [-0.15, -0.1) is 0 Å². The fourth-order valence-corrected chi connectivity index (χ4v) is 3.26. The SMILES string of the molecule is CC(C)[C@H](Cc1ccc(F)cc1)NC(=O)N1CC[C@@H](CN(C)C)C1. The summed E-state index contributed by atoms with van der Waals surface area (Å²) in [5.41, 5.74) is 1.04. The lowest BCUT2D eigenvalue weighted by Crippen LogP contribution is -2.47. The molecular formula is C19H30FN3O. The summed E-state index contributed by atoms with van der Waals surface area (Å²) in [7, 11) is 4.14. The molecule has 1 heterocycles. The van der Waals surface area contributed by atoms with Crippen LogP contribution in [-0.4, -0.2) is 55.6 Å². The molecule has 0 aliphatic carbocycles. The van der Waals surface area contributed by atoms with Crippen LogP contribution in [0.3, 0.4) is 0 Å². The molecule has 1 saturated heterocycles. The molecule has 1 aromatic rings. The van der Waals surface area contributed by atoms with Crippen molar-refractivity contribution in [3.05, 3.63) is 35.6 Å². The Morgan fingerprint density at radius 3 is 2.58 bits per heavy atom. The van der Waals surface area contributed by atoms with E-state index in [9.17, 15) is 9.18 Å². The third-order valence-electron chi connectivity index (χ3n) is 4.68. The van der Waals surface area contributed by atoms with Gasteiger partial charge in [0.05, 0.1) is 0 Å². The Hall–Kier alpha value is -1.62. The first-order chi connectivity index (χ1) is 11.3. The van der Waals surface area contributed by atoms with Crippen LogP contribution in [0.1, 0.15) is 25.8 Å². The number of halogens is 1. The molecule has 24 heavy (non-hydrogen) atoms. The number of benzene rings is 1. The molecule has 0 unspecified atom stereocenters. The second kappa shape index (κ2) is 8.47. The van der Waals surface area contributed by atoms with Gasteiger partial charge in [-0.2, -0.15) is 0 Å². The van der Waals surface area contributed by atoms with Crippen LogP contribution in [0.15, 0.2) is 24.3 Å². The molecule has 1 aromatic carbocycles. The number of rotatable bonds is 6. The van der Waals surface area contributed by atoms with E-state index in [0.29, 0.717) is 11.8 Å². The molecule has 0 bridgehead atoms. The monoisotopic (exact) mass is 335 g/mol. The van der Waals surface area contributed by atoms with Gasteiger partial charge < -0.3 is 15.1 Å². The number of hydrogen-bond acceptors (Lipinski definition) is 2. The van der Waals surface area contributed by atoms with Gasteiger partial charge in [-0.25, -0.2) is 9.18 Å². The fourth-order valence-electron chi connectivity index (χ4n) is 3.26. The van der Waals surface area contributed by atoms with Crippen molar-refractivity contribution in [2.75, 3.05) is 33.7 Å². The molecule has 1 N–H and O–H groups in total. The fraction of sp³-hybridized carbons (Fsp3) is 0.632. The molecule has 1 aliphatic rings. The van der Waals surface area contributed by atoms with Gasteiger partial charge in [0.1, 0.15) is 5.82 Å². The van der Waals surface area contributed by atoms with Gasteiger partial charge in [-0.05, 0) is 56.5 Å². The van der Waals surface area contributed by atoms with Crippen molar-refractivity contribution in [1.29, 1.82) is 0 Å². The van der Waals surface area contributed by atoms with Crippen LogP contribution >= 0.6 is 0 Å². The Balaban J connectivity index is 1.90. The molecule has 4 nitrogen and oxygen atoms in total. The van der Waals surface area contributed by atoms with E-state index in [2.05, 4.69) is 38.2 Å². The number of hydrogen-bond donors (Lipinski definition) is 1. The maximum absolute atomic E-state index is 13.0. The van der Waals surface area contributed by atoms with Gasteiger partial charge in [0, 0.05) is 25.7 Å². The van der Waals surface area contributed by atoms with Gasteiger partial charge in [0.25, 0.3) is 0 Å². The molecule has 2 amide bonds. The molecule has 0 saturated carbocycles. The lowest BCUT2D eigenvalue weighted by Gasteiger charge is -2.26. The summed E-state index contributed by atoms with van der Waals surface area (Å²) in [5.74, 6) is 0.646. The van der Waals surface area contributed by atoms with E-state index in [4.69, 9.17) is 0 Å². The molecule has 2 rings (SSSR count). The Labute approximate surface area is 145 Å². The zero-order valence-corrected chi connectivity index (χ0v) is 15.3. The highest BCUT2D eigenvalue weighted by molar-refractivity contribution is 5.74. The summed E-state index contributed by atoms with van der Waals surface area (Å²) in [6.07, 6.45) is 1.79. The highest BCUT2D eigenvalue weighted by atomic mass is 19.1. The first kappa shape index (κ1) is 18.7. The zero-order chi connectivity index (χ0) is 17.7. The maximum atomic E-state index is 13.0. The Morgan fingerprint density at radius 1 is 1.33 bits per heavy atom. The minimum Gasteiger partial charge on any atom is -0.335 e. The van der Waals surface area contributed by atoms with E-state index in [-0.39, 0.29) is 17.9 Å². The van der Waals surface area contributed by atoms with E-state index in [1.54, 1.807) is 12.1 Å². The van der Waals surface area contributed by atoms with Crippen molar-refractivity contribution in [2.45, 2.75) is 32.7 Å². The van der Waals surface area contributed by atoms with Crippen LogP contribution in [0.2, 0.25) is 0 Å². The van der Waals surface area contributed by atoms with Crippen molar-refractivity contribution in [3.8, 4) is 0 Å². The minimum absolute atomic E-state index is 0.0251. The molecule has 0 aromatic heterocycles. The Bertz CT molecular complexity index is 530. The number of amides is 2. The topological polar surface area (TPSA) is 35.6 Å². The maximum Gasteiger partial charge on any atom is 0.317 e. The number of carbonyl (C=O) groups excluding carboxylic acids is 1. The van der Waals surface area contributed by atoms with Gasteiger partial charge in [0.2, 0.25) is 0 Å². The summed E-state index contributed by atoms with van der Waals surface area (Å²) >= 11 is 0. The molecule has 0 spiro atoms. The predicted octanol–water partition coefficient (Wildman–Crippen LogP) is 2.99. The van der Waals surface area contributed by atoms with Crippen LogP contribution in [-0.2, 0) is 6.42 Å². The molecular weight excluding hydrogens is 305 g/mol. The van der Waals surface area contributed by atoms with E-state index < -0.39 is 0 Å².